The lowest BCUT2D eigenvalue weighted by atomic mass is 9.86. The van der Waals surface area contributed by atoms with Crippen molar-refractivity contribution in [2.75, 3.05) is 53.7 Å². The van der Waals surface area contributed by atoms with Gasteiger partial charge >= 0.3 is 0 Å². The molecule has 5 nitrogen and oxygen atoms in total. The molecule has 0 heterocycles. The molecule has 0 aromatic carbocycles. The van der Waals surface area contributed by atoms with Gasteiger partial charge in [-0.1, -0.05) is 6.42 Å². The summed E-state index contributed by atoms with van der Waals surface area (Å²) >= 11 is 0. The van der Waals surface area contributed by atoms with E-state index in [0.717, 1.165) is 65.0 Å². The van der Waals surface area contributed by atoms with E-state index in [9.17, 15) is 5.11 Å². The largest absolute Gasteiger partial charge is 0.394 e. The van der Waals surface area contributed by atoms with E-state index in [4.69, 9.17) is 15.2 Å². The summed E-state index contributed by atoms with van der Waals surface area (Å²) in [6, 6.07) is 0. The predicted molar refractivity (Wildman–Crippen MR) is 80.8 cm³/mol. The lowest BCUT2D eigenvalue weighted by Crippen LogP contribution is -2.48. The van der Waals surface area contributed by atoms with Crippen molar-refractivity contribution < 1.29 is 14.6 Å². The highest BCUT2D eigenvalue weighted by Gasteiger charge is 2.38. The molecule has 0 aromatic rings. The minimum absolute atomic E-state index is 0.111. The molecular weight excluding hydrogens is 256 g/mol. The number of aliphatic hydroxyl groups excluding tert-OH is 1. The smallest absolute Gasteiger partial charge is 0.0613 e. The summed E-state index contributed by atoms with van der Waals surface area (Å²) in [6.07, 6.45) is 5.35. The van der Waals surface area contributed by atoms with Gasteiger partial charge in [-0.05, 0) is 38.1 Å². The molecule has 2 unspecified atom stereocenters. The standard InChI is InChI=1S/C15H32N2O3/c1-19-11-4-8-17(10-12-20-2)9-6-14-5-3-7-15(14,16)13-18/h14,18H,3-13,16H2,1-2H3. The summed E-state index contributed by atoms with van der Waals surface area (Å²) in [6.45, 7) is 4.66. The quantitative estimate of drug-likeness (QED) is 0.552. The Morgan fingerprint density at radius 2 is 1.95 bits per heavy atom. The van der Waals surface area contributed by atoms with E-state index >= 15 is 0 Å². The van der Waals surface area contributed by atoms with Gasteiger partial charge in [0.25, 0.3) is 0 Å². The molecule has 0 aromatic heterocycles. The minimum Gasteiger partial charge on any atom is -0.394 e. The summed E-state index contributed by atoms with van der Waals surface area (Å²) < 4.78 is 10.3. The van der Waals surface area contributed by atoms with Crippen LogP contribution in [0.25, 0.3) is 0 Å². The first-order valence-electron chi connectivity index (χ1n) is 7.76. The third-order valence-electron chi connectivity index (χ3n) is 4.53. The number of nitrogens with two attached hydrogens (primary N) is 1. The molecule has 0 bridgehead atoms. The molecule has 0 saturated heterocycles. The summed E-state index contributed by atoms with van der Waals surface area (Å²) in [5.74, 6) is 0.444. The molecule has 5 heteroatoms. The van der Waals surface area contributed by atoms with E-state index in [1.54, 1.807) is 14.2 Å². The Hall–Kier alpha value is -0.200. The number of aliphatic hydroxyl groups is 1. The lowest BCUT2D eigenvalue weighted by molar-refractivity contribution is 0.115. The summed E-state index contributed by atoms with van der Waals surface area (Å²) in [5, 5.41) is 9.50. The van der Waals surface area contributed by atoms with E-state index < -0.39 is 0 Å². The number of ether oxygens (including phenoxy) is 2. The molecule has 1 rings (SSSR count). The van der Waals surface area contributed by atoms with E-state index in [2.05, 4.69) is 4.90 Å². The van der Waals surface area contributed by atoms with Gasteiger partial charge in [0.1, 0.15) is 0 Å². The minimum atomic E-state index is -0.348. The van der Waals surface area contributed by atoms with Crippen LogP contribution in [0, 0.1) is 5.92 Å². The number of hydrogen-bond donors (Lipinski definition) is 2. The molecule has 1 aliphatic carbocycles. The van der Waals surface area contributed by atoms with Crippen molar-refractivity contribution in [3.63, 3.8) is 0 Å². The van der Waals surface area contributed by atoms with Crippen LogP contribution < -0.4 is 5.73 Å². The van der Waals surface area contributed by atoms with E-state index in [1.807, 2.05) is 0 Å². The van der Waals surface area contributed by atoms with Crippen molar-refractivity contribution in [1.82, 2.24) is 4.90 Å². The zero-order chi connectivity index (χ0) is 14.8. The van der Waals surface area contributed by atoms with Crippen molar-refractivity contribution >= 4 is 0 Å². The van der Waals surface area contributed by atoms with Gasteiger partial charge < -0.3 is 25.2 Å². The van der Waals surface area contributed by atoms with Crippen LogP contribution in [0.4, 0.5) is 0 Å². The van der Waals surface area contributed by atoms with Crippen molar-refractivity contribution in [2.24, 2.45) is 11.7 Å². The van der Waals surface area contributed by atoms with Gasteiger partial charge in [0.15, 0.2) is 0 Å². The van der Waals surface area contributed by atoms with Gasteiger partial charge in [0.2, 0.25) is 0 Å². The van der Waals surface area contributed by atoms with Crippen LogP contribution in [0.5, 0.6) is 0 Å². The van der Waals surface area contributed by atoms with Crippen LogP contribution in [0.1, 0.15) is 32.1 Å². The van der Waals surface area contributed by atoms with Gasteiger partial charge in [-0.2, -0.15) is 0 Å². The van der Waals surface area contributed by atoms with Crippen LogP contribution in [0.2, 0.25) is 0 Å². The Morgan fingerprint density at radius 3 is 2.60 bits per heavy atom. The molecule has 1 fully saturated rings. The fourth-order valence-corrected chi connectivity index (χ4v) is 3.14. The van der Waals surface area contributed by atoms with Crippen molar-refractivity contribution in [2.45, 2.75) is 37.6 Å². The Labute approximate surface area is 123 Å². The first-order valence-corrected chi connectivity index (χ1v) is 7.76. The molecule has 1 aliphatic rings. The Balaban J connectivity index is 2.35. The Kier molecular flexibility index (Phi) is 8.64. The maximum absolute atomic E-state index is 9.50. The van der Waals surface area contributed by atoms with Crippen molar-refractivity contribution in [3.05, 3.63) is 0 Å². The monoisotopic (exact) mass is 288 g/mol. The second-order valence-corrected chi connectivity index (χ2v) is 5.95. The predicted octanol–water partition coefficient (Wildman–Crippen LogP) is 0.851. The van der Waals surface area contributed by atoms with Crippen LogP contribution in [0.15, 0.2) is 0 Å². The molecular formula is C15H32N2O3. The molecule has 20 heavy (non-hydrogen) atoms. The van der Waals surface area contributed by atoms with Crippen molar-refractivity contribution in [1.29, 1.82) is 0 Å². The second kappa shape index (κ2) is 9.68. The van der Waals surface area contributed by atoms with E-state index in [-0.39, 0.29) is 12.1 Å². The third kappa shape index (κ3) is 5.66. The zero-order valence-electron chi connectivity index (χ0n) is 13.1. The molecule has 0 spiro atoms. The second-order valence-electron chi connectivity index (χ2n) is 5.95. The van der Waals surface area contributed by atoms with Crippen LogP contribution in [-0.2, 0) is 9.47 Å². The fourth-order valence-electron chi connectivity index (χ4n) is 3.14. The van der Waals surface area contributed by atoms with E-state index in [0.29, 0.717) is 5.92 Å². The normalized spacial score (nSPS) is 26.6. The Bertz CT molecular complexity index is 253. The molecule has 0 amide bonds. The van der Waals surface area contributed by atoms with Gasteiger partial charge in [-0.15, -0.1) is 0 Å². The molecule has 0 radical (unpaired) electrons. The van der Waals surface area contributed by atoms with Crippen LogP contribution >= 0.6 is 0 Å². The lowest BCUT2D eigenvalue weighted by Gasteiger charge is -2.31. The number of hydrogen-bond acceptors (Lipinski definition) is 5. The first kappa shape index (κ1) is 17.9. The molecule has 120 valence electrons. The third-order valence-corrected chi connectivity index (χ3v) is 4.53. The van der Waals surface area contributed by atoms with E-state index in [1.165, 1.54) is 0 Å². The van der Waals surface area contributed by atoms with Crippen molar-refractivity contribution in [3.8, 4) is 0 Å². The maximum atomic E-state index is 9.50. The average Bonchev–Trinajstić information content (AvgIpc) is 2.83. The average molecular weight is 288 g/mol. The summed E-state index contributed by atoms with van der Waals surface area (Å²) in [4.78, 5) is 2.42. The maximum Gasteiger partial charge on any atom is 0.0613 e. The van der Waals surface area contributed by atoms with Gasteiger partial charge in [-0.25, -0.2) is 0 Å². The molecule has 0 aliphatic heterocycles. The first-order chi connectivity index (χ1) is 9.66. The molecule has 3 N–H and O–H groups in total. The molecule has 2 atom stereocenters. The highest BCUT2D eigenvalue weighted by molar-refractivity contribution is 4.96. The summed E-state index contributed by atoms with van der Waals surface area (Å²) in [5.41, 5.74) is 5.95. The Morgan fingerprint density at radius 1 is 1.20 bits per heavy atom. The van der Waals surface area contributed by atoms with Gasteiger partial charge in [-0.3, -0.25) is 0 Å². The highest BCUT2D eigenvalue weighted by atomic mass is 16.5. The molecule has 1 saturated carbocycles. The fraction of sp³-hybridized carbons (Fsp3) is 1.00. The topological polar surface area (TPSA) is 68.0 Å². The number of rotatable bonds is 11. The van der Waals surface area contributed by atoms with Crippen LogP contribution in [-0.4, -0.2) is 69.2 Å². The summed E-state index contributed by atoms with van der Waals surface area (Å²) in [7, 11) is 3.48. The van der Waals surface area contributed by atoms with Gasteiger partial charge in [0, 0.05) is 39.5 Å². The van der Waals surface area contributed by atoms with Gasteiger partial charge in [0.05, 0.1) is 13.2 Å². The number of nitrogens with zero attached hydrogens (tertiary/aromatic N) is 1. The highest BCUT2D eigenvalue weighted by Crippen LogP contribution is 2.35. The number of methoxy groups -OCH3 is 2. The SMILES string of the molecule is COCCCN(CCOC)CCC1CCCC1(N)CO. The van der Waals surface area contributed by atoms with Crippen LogP contribution in [0.3, 0.4) is 0 Å². The zero-order valence-corrected chi connectivity index (χ0v) is 13.1.